The van der Waals surface area contributed by atoms with Crippen molar-refractivity contribution in [2.75, 3.05) is 30.9 Å². The Hall–Kier alpha value is -2.93. The SMILES string of the molecule is C[C@@]12COC[C@]1(c1cc(NC(=O)c3ccc(OCC(F)(F)C(F)F)cn3)ccc1F)N=C(N)SC2. The highest BCUT2D eigenvalue weighted by molar-refractivity contribution is 8.13. The average molecular weight is 516 g/mol. The molecule has 0 aliphatic carbocycles. The quantitative estimate of drug-likeness (QED) is 0.539. The predicted molar refractivity (Wildman–Crippen MR) is 120 cm³/mol. The van der Waals surface area contributed by atoms with Crippen LogP contribution in [0.4, 0.5) is 27.6 Å². The van der Waals surface area contributed by atoms with Crippen molar-refractivity contribution in [3.8, 4) is 5.75 Å². The number of amidine groups is 1. The summed E-state index contributed by atoms with van der Waals surface area (Å²) in [5.74, 6) is -5.14. The molecule has 0 radical (unpaired) electrons. The van der Waals surface area contributed by atoms with Crippen LogP contribution in [0.2, 0.25) is 0 Å². The number of ether oxygens (including phenoxy) is 2. The lowest BCUT2D eigenvalue weighted by molar-refractivity contribution is -0.148. The maximum atomic E-state index is 15.0. The molecule has 7 nitrogen and oxygen atoms in total. The Morgan fingerprint density at radius 2 is 2.09 bits per heavy atom. The molecule has 1 amide bonds. The van der Waals surface area contributed by atoms with Crippen molar-refractivity contribution in [1.82, 2.24) is 4.98 Å². The molecule has 2 atom stereocenters. The lowest BCUT2D eigenvalue weighted by Gasteiger charge is -2.42. The molecule has 4 rings (SSSR count). The van der Waals surface area contributed by atoms with Gasteiger partial charge >= 0.3 is 12.3 Å². The smallest absolute Gasteiger partial charge is 0.340 e. The first-order valence-corrected chi connectivity index (χ1v) is 11.4. The number of thioether (sulfide) groups is 1. The molecule has 2 aliphatic heterocycles. The summed E-state index contributed by atoms with van der Waals surface area (Å²) in [6.45, 7) is 0.908. The third-order valence-corrected chi connectivity index (χ3v) is 7.13. The fourth-order valence-corrected chi connectivity index (χ4v) is 4.93. The van der Waals surface area contributed by atoms with E-state index in [2.05, 4.69) is 20.0 Å². The van der Waals surface area contributed by atoms with E-state index in [1.54, 1.807) is 0 Å². The highest BCUT2D eigenvalue weighted by Crippen LogP contribution is 2.53. The van der Waals surface area contributed by atoms with E-state index in [1.165, 1.54) is 36.0 Å². The summed E-state index contributed by atoms with van der Waals surface area (Å²) < 4.78 is 75.7. The number of nitrogens with one attached hydrogen (secondary N) is 1. The number of benzene rings is 1. The summed E-state index contributed by atoms with van der Waals surface area (Å²) >= 11 is 1.37. The molecule has 3 heterocycles. The zero-order valence-electron chi connectivity index (χ0n) is 18.4. The van der Waals surface area contributed by atoms with E-state index < -0.39 is 41.6 Å². The van der Waals surface area contributed by atoms with Gasteiger partial charge in [-0.05, 0) is 30.3 Å². The summed E-state index contributed by atoms with van der Waals surface area (Å²) in [7, 11) is 0. The lowest BCUT2D eigenvalue weighted by Crippen LogP contribution is -2.48. The molecule has 1 saturated heterocycles. The summed E-state index contributed by atoms with van der Waals surface area (Å²) in [6, 6.07) is 6.38. The topological polar surface area (TPSA) is 98.8 Å². The highest BCUT2D eigenvalue weighted by atomic mass is 32.2. The van der Waals surface area contributed by atoms with Crippen molar-refractivity contribution in [3.05, 3.63) is 53.6 Å². The largest absolute Gasteiger partial charge is 0.485 e. The number of amides is 1. The molecule has 0 bridgehead atoms. The van der Waals surface area contributed by atoms with Gasteiger partial charge in [-0.15, -0.1) is 0 Å². The zero-order valence-corrected chi connectivity index (χ0v) is 19.2. The number of hydrogen-bond donors (Lipinski definition) is 2. The van der Waals surface area contributed by atoms with Crippen LogP contribution in [0.25, 0.3) is 0 Å². The summed E-state index contributed by atoms with van der Waals surface area (Å²) in [6.07, 6.45) is -2.91. The number of halogens is 5. The van der Waals surface area contributed by atoms with Crippen molar-refractivity contribution in [2.45, 2.75) is 24.8 Å². The molecule has 1 fully saturated rings. The van der Waals surface area contributed by atoms with Crippen molar-refractivity contribution >= 4 is 28.5 Å². The van der Waals surface area contributed by atoms with Crippen LogP contribution in [0.1, 0.15) is 23.0 Å². The molecule has 1 aromatic carbocycles. The minimum atomic E-state index is -4.32. The first-order chi connectivity index (χ1) is 16.5. The number of hydrogen-bond acceptors (Lipinski definition) is 7. The van der Waals surface area contributed by atoms with E-state index in [0.717, 1.165) is 12.3 Å². The standard InChI is InChI=1S/C22H21F5N4O3S/c1-20-8-33-9-21(20,31-19(28)35-11-20)14-6-12(2-4-15(14)23)30-17(32)16-5-3-13(7-29-16)34-10-22(26,27)18(24)25/h2-7,18H,8-11H2,1H3,(H2,28,31)(H,30,32)/t20-,21+/m0/s1. The minimum absolute atomic E-state index is 0.104. The molecule has 3 N–H and O–H groups in total. The Kier molecular flexibility index (Phi) is 6.66. The van der Waals surface area contributed by atoms with Crippen molar-refractivity contribution < 1.29 is 36.2 Å². The van der Waals surface area contributed by atoms with Gasteiger partial charge in [0.25, 0.3) is 5.91 Å². The number of aromatic nitrogens is 1. The molecule has 2 aliphatic rings. The summed E-state index contributed by atoms with van der Waals surface area (Å²) in [5.41, 5.74) is 4.79. The van der Waals surface area contributed by atoms with Crippen LogP contribution in [0.3, 0.4) is 0 Å². The monoisotopic (exact) mass is 516 g/mol. The van der Waals surface area contributed by atoms with Crippen molar-refractivity contribution in [1.29, 1.82) is 0 Å². The minimum Gasteiger partial charge on any atom is -0.485 e. The number of nitrogens with zero attached hydrogens (tertiary/aromatic N) is 2. The van der Waals surface area contributed by atoms with E-state index in [1.807, 2.05) is 6.92 Å². The summed E-state index contributed by atoms with van der Waals surface area (Å²) in [5, 5.41) is 2.92. The number of carbonyl (C=O) groups is 1. The maximum Gasteiger partial charge on any atom is 0.340 e. The van der Waals surface area contributed by atoms with E-state index in [4.69, 9.17) is 10.5 Å². The lowest BCUT2D eigenvalue weighted by atomic mass is 9.70. The van der Waals surface area contributed by atoms with Crippen LogP contribution in [0.15, 0.2) is 41.5 Å². The number of pyridine rings is 1. The van der Waals surface area contributed by atoms with Gasteiger partial charge in [0.15, 0.2) is 11.8 Å². The molecule has 0 unspecified atom stereocenters. The first-order valence-electron chi connectivity index (χ1n) is 10.4. The number of rotatable bonds is 7. The third kappa shape index (κ3) is 4.79. The maximum absolute atomic E-state index is 15.0. The Morgan fingerprint density at radius 1 is 1.31 bits per heavy atom. The van der Waals surface area contributed by atoms with Crippen LogP contribution in [-0.2, 0) is 10.3 Å². The van der Waals surface area contributed by atoms with Crippen LogP contribution in [-0.4, -0.2) is 54.0 Å². The normalized spacial score (nSPS) is 24.1. The van der Waals surface area contributed by atoms with Gasteiger partial charge in [-0.2, -0.15) is 8.78 Å². The van der Waals surface area contributed by atoms with Gasteiger partial charge < -0.3 is 20.5 Å². The molecule has 35 heavy (non-hydrogen) atoms. The third-order valence-electron chi connectivity index (χ3n) is 5.96. The number of alkyl halides is 4. The molecule has 13 heteroatoms. The predicted octanol–water partition coefficient (Wildman–Crippen LogP) is 4.05. The second kappa shape index (κ2) is 9.26. The average Bonchev–Trinajstić information content (AvgIpc) is 3.16. The molecule has 0 saturated carbocycles. The molecule has 2 aromatic rings. The van der Waals surface area contributed by atoms with Gasteiger partial charge in [0.05, 0.1) is 19.4 Å². The number of nitrogens with two attached hydrogens (primary N) is 1. The van der Waals surface area contributed by atoms with Gasteiger partial charge in [0.1, 0.15) is 22.8 Å². The Labute approximate surface area is 201 Å². The van der Waals surface area contributed by atoms with Crippen molar-refractivity contribution in [3.63, 3.8) is 0 Å². The van der Waals surface area contributed by atoms with E-state index in [9.17, 15) is 26.7 Å². The Balaban J connectivity index is 1.51. The van der Waals surface area contributed by atoms with Gasteiger partial charge in [0, 0.05) is 22.4 Å². The van der Waals surface area contributed by atoms with E-state index >= 15 is 0 Å². The van der Waals surface area contributed by atoms with Crippen LogP contribution >= 0.6 is 11.8 Å². The Morgan fingerprint density at radius 3 is 2.77 bits per heavy atom. The number of fused-ring (bicyclic) bond motifs is 1. The molecule has 1 aromatic heterocycles. The molecule has 188 valence electrons. The van der Waals surface area contributed by atoms with Crippen LogP contribution < -0.4 is 15.8 Å². The number of carbonyl (C=O) groups excluding carboxylic acids is 1. The van der Waals surface area contributed by atoms with Crippen LogP contribution in [0.5, 0.6) is 5.75 Å². The van der Waals surface area contributed by atoms with Gasteiger partial charge in [-0.1, -0.05) is 18.7 Å². The molecular formula is C22H21F5N4O3S. The first kappa shape index (κ1) is 25.2. The Bertz CT molecular complexity index is 1150. The number of anilines is 1. The summed E-state index contributed by atoms with van der Waals surface area (Å²) in [4.78, 5) is 21.0. The van der Waals surface area contributed by atoms with Gasteiger partial charge in [0.2, 0.25) is 0 Å². The zero-order chi connectivity index (χ0) is 25.4. The van der Waals surface area contributed by atoms with Gasteiger partial charge in [-0.3, -0.25) is 4.79 Å². The van der Waals surface area contributed by atoms with Crippen LogP contribution in [0, 0.1) is 11.2 Å². The van der Waals surface area contributed by atoms with E-state index in [0.29, 0.717) is 17.5 Å². The van der Waals surface area contributed by atoms with Crippen molar-refractivity contribution in [2.24, 2.45) is 16.1 Å². The fraction of sp³-hybridized carbons (Fsp3) is 0.409. The fourth-order valence-electron chi connectivity index (χ4n) is 3.92. The highest BCUT2D eigenvalue weighted by Gasteiger charge is 2.57. The van der Waals surface area contributed by atoms with Gasteiger partial charge in [-0.25, -0.2) is 23.1 Å². The second-order valence-electron chi connectivity index (χ2n) is 8.53. The molecular weight excluding hydrogens is 495 g/mol. The van der Waals surface area contributed by atoms with E-state index in [-0.39, 0.29) is 29.3 Å². The molecule has 0 spiro atoms. The number of aliphatic imine (C=N–C) groups is 1. The second-order valence-corrected chi connectivity index (χ2v) is 9.53.